The number of benzene rings is 9. The summed E-state index contributed by atoms with van der Waals surface area (Å²) in [5.74, 6) is 0.686. The van der Waals surface area contributed by atoms with Crippen molar-refractivity contribution < 1.29 is 0 Å². The summed E-state index contributed by atoms with van der Waals surface area (Å²) >= 11 is 0. The highest BCUT2D eigenvalue weighted by Crippen LogP contribution is 2.40. The van der Waals surface area contributed by atoms with E-state index in [1.165, 1.54) is 38.3 Å². The largest absolute Gasteiger partial charge is 0.309 e. The molecule has 4 heteroatoms. The summed E-state index contributed by atoms with van der Waals surface area (Å²) in [6, 6.07) is 81.5. The van der Waals surface area contributed by atoms with Crippen LogP contribution in [0.1, 0.15) is 0 Å². The number of rotatable bonds is 7. The molecule has 63 heavy (non-hydrogen) atoms. The normalized spacial score (nSPS) is 11.5. The van der Waals surface area contributed by atoms with E-state index in [0.717, 1.165) is 72.4 Å². The van der Waals surface area contributed by atoms with E-state index in [0.29, 0.717) is 5.82 Å². The molecule has 9 aromatic carbocycles. The van der Waals surface area contributed by atoms with Gasteiger partial charge < -0.3 is 4.57 Å². The van der Waals surface area contributed by atoms with E-state index in [1.54, 1.807) is 0 Å². The van der Waals surface area contributed by atoms with Crippen molar-refractivity contribution in [1.82, 2.24) is 19.5 Å². The van der Waals surface area contributed by atoms with Crippen LogP contribution < -0.4 is 0 Å². The molecule has 0 amide bonds. The first-order valence-electron chi connectivity index (χ1n) is 21.4. The smallest absolute Gasteiger partial charge is 0.160 e. The Morgan fingerprint density at radius 2 is 0.841 bits per heavy atom. The maximum atomic E-state index is 5.37. The third kappa shape index (κ3) is 6.44. The second-order valence-electron chi connectivity index (χ2n) is 16.0. The Morgan fingerprint density at radius 1 is 0.302 bits per heavy atom. The van der Waals surface area contributed by atoms with Crippen LogP contribution in [0.5, 0.6) is 0 Å². The molecule has 0 saturated heterocycles. The van der Waals surface area contributed by atoms with Gasteiger partial charge in [0.05, 0.1) is 33.6 Å². The van der Waals surface area contributed by atoms with Gasteiger partial charge in [0.25, 0.3) is 0 Å². The lowest BCUT2D eigenvalue weighted by molar-refractivity contribution is 1.16. The van der Waals surface area contributed by atoms with Gasteiger partial charge in [-0.3, -0.25) is 0 Å². The molecule has 0 fully saturated rings. The van der Waals surface area contributed by atoms with Gasteiger partial charge in [0.1, 0.15) is 0 Å². The first-order valence-corrected chi connectivity index (χ1v) is 21.4. The van der Waals surface area contributed by atoms with E-state index >= 15 is 0 Å². The van der Waals surface area contributed by atoms with Crippen molar-refractivity contribution in [2.45, 2.75) is 0 Å². The highest BCUT2D eigenvalue weighted by Gasteiger charge is 2.17. The molecule has 0 aliphatic rings. The van der Waals surface area contributed by atoms with E-state index in [4.69, 9.17) is 15.0 Å². The van der Waals surface area contributed by atoms with Crippen molar-refractivity contribution in [1.29, 1.82) is 0 Å². The van der Waals surface area contributed by atoms with Crippen LogP contribution in [0.25, 0.3) is 117 Å². The number of nitrogens with zero attached hydrogens (tertiary/aromatic N) is 4. The lowest BCUT2D eigenvalue weighted by atomic mass is 9.92. The van der Waals surface area contributed by atoms with Crippen molar-refractivity contribution in [3.63, 3.8) is 0 Å². The minimum Gasteiger partial charge on any atom is -0.309 e. The van der Waals surface area contributed by atoms with E-state index in [1.807, 2.05) is 18.2 Å². The first-order chi connectivity index (χ1) is 31.2. The molecule has 3 aromatic heterocycles. The summed E-state index contributed by atoms with van der Waals surface area (Å²) in [4.78, 5) is 15.7. The van der Waals surface area contributed by atoms with Gasteiger partial charge in [0.2, 0.25) is 0 Å². The molecule has 0 spiro atoms. The minimum atomic E-state index is 0.686. The zero-order valence-electron chi connectivity index (χ0n) is 34.2. The predicted octanol–water partition coefficient (Wildman–Crippen LogP) is 15.3. The zero-order valence-corrected chi connectivity index (χ0v) is 34.2. The van der Waals surface area contributed by atoms with Gasteiger partial charge in [-0.2, -0.15) is 0 Å². The SMILES string of the molecule is c1ccc(-c2nc(-c3ccc(-c4ccc5c(c4)nc(-c4ccccc4)c4cccc(-c6ccccc6)c45)cc3)cc(-c3cccc(-n4c5ccccc5c5ccccc54)c3)n2)cc1. The lowest BCUT2D eigenvalue weighted by Gasteiger charge is -2.15. The summed E-state index contributed by atoms with van der Waals surface area (Å²) < 4.78 is 2.35. The van der Waals surface area contributed by atoms with Crippen molar-refractivity contribution in [2.75, 3.05) is 0 Å². The summed E-state index contributed by atoms with van der Waals surface area (Å²) in [5, 5.41) is 5.96. The van der Waals surface area contributed by atoms with Crippen LogP contribution >= 0.6 is 0 Å². The van der Waals surface area contributed by atoms with Crippen LogP contribution in [0.2, 0.25) is 0 Å². The Kier molecular flexibility index (Phi) is 8.79. The van der Waals surface area contributed by atoms with E-state index in [2.05, 4.69) is 217 Å². The molecule has 0 aliphatic heterocycles. The fourth-order valence-corrected chi connectivity index (χ4v) is 9.21. The number of fused-ring (bicyclic) bond motifs is 6. The predicted molar refractivity (Wildman–Crippen MR) is 262 cm³/mol. The van der Waals surface area contributed by atoms with E-state index < -0.39 is 0 Å². The van der Waals surface area contributed by atoms with Crippen LogP contribution in [0.4, 0.5) is 0 Å². The summed E-state index contributed by atoms with van der Waals surface area (Å²) in [6.07, 6.45) is 0. The van der Waals surface area contributed by atoms with Gasteiger partial charge in [-0.05, 0) is 58.7 Å². The second kappa shape index (κ2) is 15.2. The molecule has 0 N–H and O–H groups in total. The summed E-state index contributed by atoms with van der Waals surface area (Å²) in [6.45, 7) is 0. The van der Waals surface area contributed by atoms with Crippen molar-refractivity contribution in [2.24, 2.45) is 0 Å². The number of para-hydroxylation sites is 2. The lowest BCUT2D eigenvalue weighted by Crippen LogP contribution is -1.98. The van der Waals surface area contributed by atoms with Crippen molar-refractivity contribution >= 4 is 43.5 Å². The van der Waals surface area contributed by atoms with E-state index in [-0.39, 0.29) is 0 Å². The van der Waals surface area contributed by atoms with Crippen LogP contribution in [-0.2, 0) is 0 Å². The molecule has 0 radical (unpaired) electrons. The molecule has 0 unspecified atom stereocenters. The average molecular weight is 803 g/mol. The fraction of sp³-hybridized carbons (Fsp3) is 0. The fourth-order valence-electron chi connectivity index (χ4n) is 9.21. The monoisotopic (exact) mass is 802 g/mol. The number of aromatic nitrogens is 4. The Balaban J connectivity index is 0.959. The van der Waals surface area contributed by atoms with Crippen molar-refractivity contribution in [3.8, 4) is 73.1 Å². The standard InChI is InChI=1S/C59H38N4/c1-4-16-40(17-5-1)47-26-15-27-51-57(47)50-35-34-44(37-54(50)60-58(51)42-18-6-2-7-19-42)39-30-32-41(33-31-39)52-38-53(62-59(61-52)43-20-8-3-9-21-43)45-22-14-23-46(36-45)63-55-28-12-10-24-48(55)49-25-11-13-29-56(49)63/h1-38H. The molecular formula is C59H38N4. The third-order valence-electron chi connectivity index (χ3n) is 12.2. The first kappa shape index (κ1) is 36.4. The van der Waals surface area contributed by atoms with Gasteiger partial charge >= 0.3 is 0 Å². The quantitative estimate of drug-likeness (QED) is 0.151. The molecule has 12 aromatic rings. The van der Waals surface area contributed by atoms with Crippen LogP contribution in [-0.4, -0.2) is 19.5 Å². The molecule has 4 nitrogen and oxygen atoms in total. The van der Waals surface area contributed by atoms with Gasteiger partial charge in [-0.15, -0.1) is 0 Å². The minimum absolute atomic E-state index is 0.686. The molecule has 0 aliphatic carbocycles. The summed E-state index contributed by atoms with van der Waals surface area (Å²) in [5.41, 5.74) is 15.8. The molecule has 0 atom stereocenters. The Morgan fingerprint density at radius 3 is 1.54 bits per heavy atom. The topological polar surface area (TPSA) is 43.6 Å². The molecule has 0 saturated carbocycles. The Hall–Kier alpha value is -8.47. The second-order valence-corrected chi connectivity index (χ2v) is 16.0. The van der Waals surface area contributed by atoms with Gasteiger partial charge in [-0.1, -0.05) is 194 Å². The highest BCUT2D eigenvalue weighted by molar-refractivity contribution is 6.17. The maximum Gasteiger partial charge on any atom is 0.160 e. The molecule has 12 rings (SSSR count). The molecule has 294 valence electrons. The molecular weight excluding hydrogens is 765 g/mol. The number of pyridine rings is 1. The Labute approximate surface area is 365 Å². The molecule has 3 heterocycles. The summed E-state index contributed by atoms with van der Waals surface area (Å²) in [7, 11) is 0. The van der Waals surface area contributed by atoms with Crippen LogP contribution in [0.15, 0.2) is 231 Å². The van der Waals surface area contributed by atoms with Crippen LogP contribution in [0, 0.1) is 0 Å². The Bertz CT molecular complexity index is 3600. The van der Waals surface area contributed by atoms with Crippen molar-refractivity contribution in [3.05, 3.63) is 231 Å². The van der Waals surface area contributed by atoms with Gasteiger partial charge in [0.15, 0.2) is 5.82 Å². The molecule has 0 bridgehead atoms. The van der Waals surface area contributed by atoms with Gasteiger partial charge in [-0.25, -0.2) is 15.0 Å². The maximum absolute atomic E-state index is 5.37. The van der Waals surface area contributed by atoms with Gasteiger partial charge in [0, 0.05) is 54.9 Å². The van der Waals surface area contributed by atoms with E-state index in [9.17, 15) is 0 Å². The number of hydrogen-bond donors (Lipinski definition) is 0. The third-order valence-corrected chi connectivity index (χ3v) is 12.2. The van der Waals surface area contributed by atoms with Crippen LogP contribution in [0.3, 0.4) is 0 Å². The average Bonchev–Trinajstić information content (AvgIpc) is 3.71. The number of hydrogen-bond acceptors (Lipinski definition) is 3. The zero-order chi connectivity index (χ0) is 41.7. The highest BCUT2D eigenvalue weighted by atomic mass is 15.0.